The lowest BCUT2D eigenvalue weighted by Gasteiger charge is -2.16. The molecule has 0 fully saturated rings. The van der Waals surface area contributed by atoms with Gasteiger partial charge < -0.3 is 21.3 Å². The van der Waals surface area contributed by atoms with Gasteiger partial charge in [0.15, 0.2) is 0 Å². The van der Waals surface area contributed by atoms with Crippen molar-refractivity contribution in [3.8, 4) is 5.75 Å². The fourth-order valence-electron chi connectivity index (χ4n) is 1.24. The highest BCUT2D eigenvalue weighted by molar-refractivity contribution is 5.54. The Morgan fingerprint density at radius 3 is 2.50 bits per heavy atom. The number of ether oxygens (including phenoxy) is 1. The predicted molar refractivity (Wildman–Crippen MR) is 56.0 cm³/mol. The van der Waals surface area contributed by atoms with Crippen LogP contribution in [-0.4, -0.2) is 18.3 Å². The first kappa shape index (κ1) is 10.8. The van der Waals surface area contributed by atoms with Crippen LogP contribution in [0.25, 0.3) is 0 Å². The van der Waals surface area contributed by atoms with Crippen LogP contribution in [0, 0.1) is 0 Å². The van der Waals surface area contributed by atoms with E-state index in [0.717, 1.165) is 5.56 Å². The SMILES string of the molecule is COc1ccc([C@H](N)C(C)O)cc1N. The average molecular weight is 196 g/mol. The van der Waals surface area contributed by atoms with E-state index in [2.05, 4.69) is 0 Å². The van der Waals surface area contributed by atoms with E-state index in [1.165, 1.54) is 0 Å². The van der Waals surface area contributed by atoms with Gasteiger partial charge in [-0.1, -0.05) is 6.07 Å². The number of aliphatic hydroxyl groups excluding tert-OH is 1. The molecule has 1 aromatic rings. The van der Waals surface area contributed by atoms with E-state index < -0.39 is 12.1 Å². The van der Waals surface area contributed by atoms with Crippen molar-refractivity contribution < 1.29 is 9.84 Å². The summed E-state index contributed by atoms with van der Waals surface area (Å²) in [6, 6.07) is 4.85. The molecule has 0 radical (unpaired) electrons. The Balaban J connectivity index is 2.96. The molecule has 5 N–H and O–H groups in total. The minimum Gasteiger partial charge on any atom is -0.495 e. The van der Waals surface area contributed by atoms with Gasteiger partial charge in [-0.25, -0.2) is 0 Å². The van der Waals surface area contributed by atoms with Gasteiger partial charge in [0.05, 0.1) is 24.9 Å². The van der Waals surface area contributed by atoms with E-state index >= 15 is 0 Å². The maximum absolute atomic E-state index is 9.29. The van der Waals surface area contributed by atoms with Crippen LogP contribution in [0.4, 0.5) is 5.69 Å². The molecule has 0 saturated carbocycles. The predicted octanol–water partition coefficient (Wildman–Crippen LogP) is 0.658. The molecule has 4 nitrogen and oxygen atoms in total. The molecule has 78 valence electrons. The van der Waals surface area contributed by atoms with Gasteiger partial charge in [0.25, 0.3) is 0 Å². The van der Waals surface area contributed by atoms with Crippen molar-refractivity contribution in [2.24, 2.45) is 5.73 Å². The summed E-state index contributed by atoms with van der Waals surface area (Å²) >= 11 is 0. The van der Waals surface area contributed by atoms with Crippen LogP contribution in [0.3, 0.4) is 0 Å². The summed E-state index contributed by atoms with van der Waals surface area (Å²) in [5.41, 5.74) is 12.8. The van der Waals surface area contributed by atoms with Gasteiger partial charge in [-0.05, 0) is 24.6 Å². The van der Waals surface area contributed by atoms with Gasteiger partial charge in [0, 0.05) is 0 Å². The molecule has 0 aromatic heterocycles. The van der Waals surface area contributed by atoms with E-state index in [4.69, 9.17) is 16.2 Å². The highest BCUT2D eigenvalue weighted by Crippen LogP contribution is 2.25. The first-order chi connectivity index (χ1) is 6.56. The number of methoxy groups -OCH3 is 1. The zero-order chi connectivity index (χ0) is 10.7. The summed E-state index contributed by atoms with van der Waals surface area (Å²) in [5, 5.41) is 9.29. The maximum atomic E-state index is 9.29. The maximum Gasteiger partial charge on any atom is 0.141 e. The Kier molecular flexibility index (Phi) is 3.33. The van der Waals surface area contributed by atoms with E-state index in [1.54, 1.807) is 32.2 Å². The van der Waals surface area contributed by atoms with Crippen molar-refractivity contribution >= 4 is 5.69 Å². The Morgan fingerprint density at radius 1 is 1.43 bits per heavy atom. The van der Waals surface area contributed by atoms with E-state index in [1.807, 2.05) is 0 Å². The molecule has 0 heterocycles. The number of rotatable bonds is 3. The number of aliphatic hydroxyl groups is 1. The van der Waals surface area contributed by atoms with Gasteiger partial charge >= 0.3 is 0 Å². The molecule has 0 aliphatic rings. The lowest BCUT2D eigenvalue weighted by Crippen LogP contribution is -2.23. The van der Waals surface area contributed by atoms with Gasteiger partial charge in [-0.15, -0.1) is 0 Å². The van der Waals surface area contributed by atoms with Gasteiger partial charge in [0.2, 0.25) is 0 Å². The highest BCUT2D eigenvalue weighted by Gasteiger charge is 2.13. The van der Waals surface area contributed by atoms with Crippen LogP contribution in [0.2, 0.25) is 0 Å². The zero-order valence-corrected chi connectivity index (χ0v) is 8.40. The first-order valence-electron chi connectivity index (χ1n) is 4.43. The summed E-state index contributed by atoms with van der Waals surface area (Å²) in [4.78, 5) is 0. The molecular weight excluding hydrogens is 180 g/mol. The highest BCUT2D eigenvalue weighted by atomic mass is 16.5. The second-order valence-electron chi connectivity index (χ2n) is 3.27. The molecule has 4 heteroatoms. The molecule has 0 aliphatic carbocycles. The molecule has 0 spiro atoms. The number of hydrogen-bond acceptors (Lipinski definition) is 4. The van der Waals surface area contributed by atoms with Crippen molar-refractivity contribution in [1.29, 1.82) is 0 Å². The molecule has 2 atom stereocenters. The van der Waals surface area contributed by atoms with Crippen LogP contribution < -0.4 is 16.2 Å². The standard InChI is InChI=1S/C10H16N2O2/c1-6(13)10(12)7-3-4-9(14-2)8(11)5-7/h3-6,10,13H,11-12H2,1-2H3/t6?,10-/m1/s1. The third-order valence-electron chi connectivity index (χ3n) is 2.16. The third kappa shape index (κ3) is 2.16. The smallest absolute Gasteiger partial charge is 0.141 e. The van der Waals surface area contributed by atoms with Gasteiger partial charge in [-0.2, -0.15) is 0 Å². The topological polar surface area (TPSA) is 81.5 Å². The Bertz CT molecular complexity index is 313. The summed E-state index contributed by atoms with van der Waals surface area (Å²) in [6.07, 6.45) is -0.595. The van der Waals surface area contributed by atoms with Crippen LogP contribution in [0.1, 0.15) is 18.5 Å². The largest absolute Gasteiger partial charge is 0.495 e. The zero-order valence-electron chi connectivity index (χ0n) is 8.40. The third-order valence-corrected chi connectivity index (χ3v) is 2.16. The molecule has 0 bridgehead atoms. The van der Waals surface area contributed by atoms with Crippen LogP contribution in [0.5, 0.6) is 5.75 Å². The molecule has 0 saturated heterocycles. The lowest BCUT2D eigenvalue weighted by molar-refractivity contribution is 0.164. The minimum atomic E-state index is -0.595. The molecule has 1 rings (SSSR count). The van der Waals surface area contributed by atoms with E-state index in [9.17, 15) is 5.11 Å². The molecule has 0 amide bonds. The summed E-state index contributed by atoms with van der Waals surface area (Å²) < 4.78 is 5.01. The Morgan fingerprint density at radius 2 is 2.07 bits per heavy atom. The van der Waals surface area contributed by atoms with Crippen LogP contribution in [-0.2, 0) is 0 Å². The van der Waals surface area contributed by atoms with Crippen molar-refractivity contribution in [3.05, 3.63) is 23.8 Å². The summed E-state index contributed by atoms with van der Waals surface area (Å²) in [7, 11) is 1.56. The van der Waals surface area contributed by atoms with E-state index in [0.29, 0.717) is 11.4 Å². The van der Waals surface area contributed by atoms with Crippen LogP contribution in [0.15, 0.2) is 18.2 Å². The monoisotopic (exact) mass is 196 g/mol. The lowest BCUT2D eigenvalue weighted by atomic mass is 10.0. The fraction of sp³-hybridized carbons (Fsp3) is 0.400. The number of nitrogens with two attached hydrogens (primary N) is 2. The number of anilines is 1. The molecule has 0 aliphatic heterocycles. The molecule has 1 aromatic carbocycles. The second-order valence-corrected chi connectivity index (χ2v) is 3.27. The van der Waals surface area contributed by atoms with Gasteiger partial charge in [0.1, 0.15) is 5.75 Å². The number of nitrogen functional groups attached to an aromatic ring is 1. The first-order valence-corrected chi connectivity index (χ1v) is 4.43. The van der Waals surface area contributed by atoms with Crippen molar-refractivity contribution in [1.82, 2.24) is 0 Å². The molecular formula is C10H16N2O2. The van der Waals surface area contributed by atoms with E-state index in [-0.39, 0.29) is 0 Å². The summed E-state index contributed by atoms with van der Waals surface area (Å²) in [6.45, 7) is 1.64. The molecule has 14 heavy (non-hydrogen) atoms. The Hall–Kier alpha value is -1.26. The average Bonchev–Trinajstić information content (AvgIpc) is 2.16. The van der Waals surface area contributed by atoms with Crippen molar-refractivity contribution in [3.63, 3.8) is 0 Å². The Labute approximate surface area is 83.5 Å². The van der Waals surface area contributed by atoms with Crippen molar-refractivity contribution in [2.75, 3.05) is 12.8 Å². The number of hydrogen-bond donors (Lipinski definition) is 3. The minimum absolute atomic E-state index is 0.414. The number of benzene rings is 1. The summed E-state index contributed by atoms with van der Waals surface area (Å²) in [5.74, 6) is 0.617. The van der Waals surface area contributed by atoms with Gasteiger partial charge in [-0.3, -0.25) is 0 Å². The quantitative estimate of drug-likeness (QED) is 0.620. The fourth-order valence-corrected chi connectivity index (χ4v) is 1.24. The van der Waals surface area contributed by atoms with Crippen LogP contribution >= 0.6 is 0 Å². The second kappa shape index (κ2) is 4.30. The molecule has 1 unspecified atom stereocenters. The van der Waals surface area contributed by atoms with Crippen molar-refractivity contribution in [2.45, 2.75) is 19.1 Å². The normalized spacial score (nSPS) is 14.9.